The lowest BCUT2D eigenvalue weighted by Gasteiger charge is -2.38. The molecule has 92 valence electrons. The van der Waals surface area contributed by atoms with Crippen molar-refractivity contribution in [3.05, 3.63) is 35.4 Å². The van der Waals surface area contributed by atoms with Gasteiger partial charge >= 0.3 is 0 Å². The summed E-state index contributed by atoms with van der Waals surface area (Å²) in [6, 6.07) is 8.04. The van der Waals surface area contributed by atoms with E-state index in [-0.39, 0.29) is 6.04 Å². The van der Waals surface area contributed by atoms with E-state index in [1.54, 1.807) is 0 Å². The van der Waals surface area contributed by atoms with Gasteiger partial charge in [0.1, 0.15) is 0 Å². The van der Waals surface area contributed by atoms with Gasteiger partial charge < -0.3 is 10.8 Å². The van der Waals surface area contributed by atoms with Gasteiger partial charge in [-0.2, -0.15) is 0 Å². The molecule has 0 saturated heterocycles. The second-order valence-corrected chi connectivity index (χ2v) is 5.68. The van der Waals surface area contributed by atoms with Crippen molar-refractivity contribution >= 4 is 0 Å². The zero-order chi connectivity index (χ0) is 11.9. The molecule has 2 aliphatic carbocycles. The molecule has 17 heavy (non-hydrogen) atoms. The topological polar surface area (TPSA) is 46.2 Å². The van der Waals surface area contributed by atoms with Crippen LogP contribution in [0, 0.1) is 5.92 Å². The van der Waals surface area contributed by atoms with E-state index in [2.05, 4.69) is 12.1 Å². The van der Waals surface area contributed by atoms with Gasteiger partial charge in [0.15, 0.2) is 0 Å². The number of rotatable bonds is 1. The minimum atomic E-state index is -0.690. The molecule has 0 heterocycles. The van der Waals surface area contributed by atoms with Crippen LogP contribution >= 0.6 is 0 Å². The minimum absolute atomic E-state index is 0.193. The predicted molar refractivity (Wildman–Crippen MR) is 68.6 cm³/mol. The smallest absolute Gasteiger partial charge is 0.0907 e. The van der Waals surface area contributed by atoms with Crippen LogP contribution in [-0.2, 0) is 6.42 Å². The van der Waals surface area contributed by atoms with E-state index in [0.717, 1.165) is 24.8 Å². The van der Waals surface area contributed by atoms with Crippen LogP contribution in [0.3, 0.4) is 0 Å². The van der Waals surface area contributed by atoms with Crippen molar-refractivity contribution in [2.45, 2.75) is 50.2 Å². The summed E-state index contributed by atoms with van der Waals surface area (Å²) in [5.74, 6) is 0.388. The first-order chi connectivity index (χ1) is 8.22. The molecule has 2 heteroatoms. The van der Waals surface area contributed by atoms with Gasteiger partial charge in [0.05, 0.1) is 11.6 Å². The maximum atomic E-state index is 11.0. The highest BCUT2D eigenvalue weighted by atomic mass is 16.3. The number of hydrogen-bond acceptors (Lipinski definition) is 2. The molecule has 3 N–H and O–H groups in total. The summed E-state index contributed by atoms with van der Waals surface area (Å²) in [6.07, 6.45) is 6.83. The molecular formula is C15H21NO. The SMILES string of the molecule is NC1c2ccccc2CC1(O)C1CCCCC1. The molecule has 1 aromatic carbocycles. The summed E-state index contributed by atoms with van der Waals surface area (Å²) in [6.45, 7) is 0. The van der Waals surface area contributed by atoms with E-state index in [0.29, 0.717) is 5.92 Å². The number of nitrogens with two attached hydrogens (primary N) is 1. The summed E-state index contributed by atoms with van der Waals surface area (Å²) < 4.78 is 0. The molecule has 1 aromatic rings. The van der Waals surface area contributed by atoms with Gasteiger partial charge in [0.2, 0.25) is 0 Å². The van der Waals surface area contributed by atoms with Gasteiger partial charge in [-0.3, -0.25) is 0 Å². The van der Waals surface area contributed by atoms with Crippen LogP contribution in [0.15, 0.2) is 24.3 Å². The van der Waals surface area contributed by atoms with E-state index in [1.165, 1.54) is 24.8 Å². The number of fused-ring (bicyclic) bond motifs is 1. The zero-order valence-corrected chi connectivity index (χ0v) is 10.2. The minimum Gasteiger partial charge on any atom is -0.387 e. The molecule has 1 fully saturated rings. The van der Waals surface area contributed by atoms with Crippen molar-refractivity contribution in [1.29, 1.82) is 0 Å². The first kappa shape index (κ1) is 11.2. The van der Waals surface area contributed by atoms with Gasteiger partial charge in [-0.15, -0.1) is 0 Å². The molecule has 0 aromatic heterocycles. The Morgan fingerprint density at radius 3 is 2.53 bits per heavy atom. The highest BCUT2D eigenvalue weighted by Gasteiger charge is 2.47. The lowest BCUT2D eigenvalue weighted by atomic mass is 9.73. The fourth-order valence-electron chi connectivity index (χ4n) is 3.68. The Balaban J connectivity index is 1.90. The first-order valence-corrected chi connectivity index (χ1v) is 6.77. The van der Waals surface area contributed by atoms with Crippen LogP contribution in [0.2, 0.25) is 0 Å². The molecule has 2 atom stereocenters. The molecule has 2 nitrogen and oxygen atoms in total. The third-order valence-electron chi connectivity index (χ3n) is 4.71. The standard InChI is InChI=1S/C15H21NO/c16-14-13-9-5-4-6-11(13)10-15(14,17)12-7-2-1-3-8-12/h4-6,9,12,14,17H,1-3,7-8,10,16H2. The first-order valence-electron chi connectivity index (χ1n) is 6.77. The average Bonchev–Trinajstić information content (AvgIpc) is 2.65. The number of benzene rings is 1. The van der Waals surface area contributed by atoms with Crippen molar-refractivity contribution in [1.82, 2.24) is 0 Å². The van der Waals surface area contributed by atoms with E-state index in [4.69, 9.17) is 5.73 Å². The van der Waals surface area contributed by atoms with Crippen molar-refractivity contribution in [2.24, 2.45) is 11.7 Å². The van der Waals surface area contributed by atoms with Crippen LogP contribution in [0.5, 0.6) is 0 Å². The zero-order valence-electron chi connectivity index (χ0n) is 10.2. The summed E-state index contributed by atoms with van der Waals surface area (Å²) in [4.78, 5) is 0. The summed E-state index contributed by atoms with van der Waals surface area (Å²) >= 11 is 0. The Kier molecular flexibility index (Phi) is 2.72. The lowest BCUT2D eigenvalue weighted by molar-refractivity contribution is -0.0450. The quantitative estimate of drug-likeness (QED) is 0.780. The average molecular weight is 231 g/mol. The summed E-state index contributed by atoms with van der Waals surface area (Å²) in [7, 11) is 0. The molecule has 2 aliphatic rings. The van der Waals surface area contributed by atoms with Gasteiger partial charge in [-0.1, -0.05) is 43.5 Å². The lowest BCUT2D eigenvalue weighted by Crippen LogP contribution is -2.46. The molecule has 2 unspecified atom stereocenters. The molecule has 0 radical (unpaired) electrons. The Morgan fingerprint density at radius 1 is 1.12 bits per heavy atom. The summed E-state index contributed by atoms with van der Waals surface area (Å²) in [5, 5.41) is 11.0. The van der Waals surface area contributed by atoms with E-state index in [9.17, 15) is 5.11 Å². The normalized spacial score (nSPS) is 33.6. The third-order valence-corrected chi connectivity index (χ3v) is 4.71. The Morgan fingerprint density at radius 2 is 1.82 bits per heavy atom. The highest BCUT2D eigenvalue weighted by molar-refractivity contribution is 5.39. The van der Waals surface area contributed by atoms with E-state index in [1.807, 2.05) is 12.1 Å². The largest absolute Gasteiger partial charge is 0.387 e. The molecule has 0 aliphatic heterocycles. The van der Waals surface area contributed by atoms with Gasteiger partial charge in [-0.25, -0.2) is 0 Å². The number of aliphatic hydroxyl groups is 1. The Labute approximate surface area is 103 Å². The second-order valence-electron chi connectivity index (χ2n) is 5.68. The van der Waals surface area contributed by atoms with Crippen molar-refractivity contribution < 1.29 is 5.11 Å². The Bertz CT molecular complexity index is 411. The maximum absolute atomic E-state index is 11.0. The number of hydrogen-bond donors (Lipinski definition) is 2. The van der Waals surface area contributed by atoms with E-state index >= 15 is 0 Å². The molecular weight excluding hydrogens is 210 g/mol. The maximum Gasteiger partial charge on any atom is 0.0907 e. The van der Waals surface area contributed by atoms with Crippen LogP contribution < -0.4 is 5.73 Å². The van der Waals surface area contributed by atoms with Crippen LogP contribution in [0.25, 0.3) is 0 Å². The predicted octanol–water partition coefficient (Wildman–Crippen LogP) is 2.55. The van der Waals surface area contributed by atoms with Crippen molar-refractivity contribution in [3.63, 3.8) is 0 Å². The second kappa shape index (κ2) is 4.11. The highest BCUT2D eigenvalue weighted by Crippen LogP contribution is 2.46. The van der Waals surface area contributed by atoms with Crippen LogP contribution in [-0.4, -0.2) is 10.7 Å². The molecule has 1 saturated carbocycles. The fourth-order valence-corrected chi connectivity index (χ4v) is 3.68. The van der Waals surface area contributed by atoms with Gasteiger partial charge in [-0.05, 0) is 29.9 Å². The van der Waals surface area contributed by atoms with E-state index < -0.39 is 5.60 Å². The Hall–Kier alpha value is -0.860. The summed E-state index contributed by atoms with van der Waals surface area (Å²) in [5.41, 5.74) is 8.01. The third kappa shape index (κ3) is 1.71. The molecule has 0 spiro atoms. The van der Waals surface area contributed by atoms with Crippen LogP contribution in [0.1, 0.15) is 49.3 Å². The monoisotopic (exact) mass is 231 g/mol. The van der Waals surface area contributed by atoms with Crippen LogP contribution in [0.4, 0.5) is 0 Å². The molecule has 0 amide bonds. The van der Waals surface area contributed by atoms with Gasteiger partial charge in [0, 0.05) is 6.42 Å². The molecule has 3 rings (SSSR count). The van der Waals surface area contributed by atoms with Crippen molar-refractivity contribution in [2.75, 3.05) is 0 Å². The fraction of sp³-hybridized carbons (Fsp3) is 0.600. The molecule has 0 bridgehead atoms. The van der Waals surface area contributed by atoms with Crippen molar-refractivity contribution in [3.8, 4) is 0 Å². The van der Waals surface area contributed by atoms with Gasteiger partial charge in [0.25, 0.3) is 0 Å².